The number of allylic oxidation sites excluding steroid dienone is 5. The summed E-state index contributed by atoms with van der Waals surface area (Å²) < 4.78 is 0. The Kier molecular flexibility index (Phi) is 4.97. The topological polar surface area (TPSA) is 52.5 Å². The first-order valence-electron chi connectivity index (χ1n) is 6.11. The highest BCUT2D eigenvalue weighted by atomic mass is 16.3. The van der Waals surface area contributed by atoms with Crippen LogP contribution in [0.5, 0.6) is 0 Å². The molecule has 0 fully saturated rings. The van der Waals surface area contributed by atoms with Crippen LogP contribution in [0.1, 0.15) is 33.6 Å². The van der Waals surface area contributed by atoms with Crippen molar-refractivity contribution >= 4 is 0 Å². The Bertz CT molecular complexity index is 317. The normalized spacial score (nSPS) is 22.1. The lowest BCUT2D eigenvalue weighted by Gasteiger charge is -2.34. The number of aliphatic hydroxyl groups is 2. The Morgan fingerprint density at radius 2 is 1.71 bits per heavy atom. The number of aliphatic hydroxyl groups excluding tert-OH is 2. The SMILES string of the molecule is CC(O)CC(C)(CC(C)O)C1=CC=CC=CN1. The molecule has 1 rings (SSSR count). The van der Waals surface area contributed by atoms with Crippen molar-refractivity contribution in [3.63, 3.8) is 0 Å². The van der Waals surface area contributed by atoms with Crippen LogP contribution < -0.4 is 5.32 Å². The van der Waals surface area contributed by atoms with Gasteiger partial charge in [0, 0.05) is 17.3 Å². The summed E-state index contributed by atoms with van der Waals surface area (Å²) in [4.78, 5) is 0. The number of nitrogens with one attached hydrogen (secondary N) is 1. The Morgan fingerprint density at radius 3 is 2.24 bits per heavy atom. The first kappa shape index (κ1) is 14.0. The molecule has 0 aromatic carbocycles. The Hall–Kier alpha value is -1.06. The zero-order valence-electron chi connectivity index (χ0n) is 10.9. The van der Waals surface area contributed by atoms with E-state index in [0.717, 1.165) is 5.70 Å². The third-order valence-corrected chi connectivity index (χ3v) is 2.96. The maximum atomic E-state index is 9.63. The molecule has 96 valence electrons. The largest absolute Gasteiger partial charge is 0.393 e. The average Bonchev–Trinajstić information content (AvgIpc) is 2.42. The number of rotatable bonds is 5. The van der Waals surface area contributed by atoms with Gasteiger partial charge in [-0.15, -0.1) is 0 Å². The molecule has 0 saturated carbocycles. The minimum atomic E-state index is -0.391. The van der Waals surface area contributed by atoms with Gasteiger partial charge in [0.2, 0.25) is 0 Å². The van der Waals surface area contributed by atoms with E-state index in [1.54, 1.807) is 13.8 Å². The van der Waals surface area contributed by atoms with Gasteiger partial charge in [-0.05, 0) is 38.8 Å². The van der Waals surface area contributed by atoms with Crippen LogP contribution in [0.2, 0.25) is 0 Å². The van der Waals surface area contributed by atoms with Gasteiger partial charge in [0.15, 0.2) is 0 Å². The van der Waals surface area contributed by atoms with Gasteiger partial charge in [-0.3, -0.25) is 0 Å². The van der Waals surface area contributed by atoms with E-state index in [1.807, 2.05) is 30.5 Å². The molecule has 1 aliphatic heterocycles. The van der Waals surface area contributed by atoms with Crippen molar-refractivity contribution in [1.29, 1.82) is 0 Å². The molecular weight excluding hydrogens is 214 g/mol. The van der Waals surface area contributed by atoms with E-state index in [1.165, 1.54) is 0 Å². The van der Waals surface area contributed by atoms with Crippen LogP contribution in [0.4, 0.5) is 0 Å². The molecule has 1 heterocycles. The van der Waals surface area contributed by atoms with Crippen LogP contribution in [0.25, 0.3) is 0 Å². The molecular formula is C14H23NO2. The monoisotopic (exact) mass is 237 g/mol. The van der Waals surface area contributed by atoms with Crippen molar-refractivity contribution in [2.24, 2.45) is 5.41 Å². The van der Waals surface area contributed by atoms with Crippen LogP contribution in [-0.4, -0.2) is 22.4 Å². The molecule has 0 aromatic heterocycles. The zero-order valence-corrected chi connectivity index (χ0v) is 10.9. The molecule has 0 spiro atoms. The van der Waals surface area contributed by atoms with E-state index in [0.29, 0.717) is 12.8 Å². The third kappa shape index (κ3) is 4.36. The molecule has 17 heavy (non-hydrogen) atoms. The first-order chi connectivity index (χ1) is 7.94. The summed E-state index contributed by atoms with van der Waals surface area (Å²) in [5, 5.41) is 22.5. The van der Waals surface area contributed by atoms with E-state index >= 15 is 0 Å². The lowest BCUT2D eigenvalue weighted by Crippen LogP contribution is -2.33. The molecule has 0 aliphatic carbocycles. The molecule has 0 aromatic rings. The standard InChI is InChI=1S/C14H23NO2/c1-11(16)9-14(3,10-12(2)17)13-7-5-4-6-8-15-13/h4-8,11-12,15-17H,9-10H2,1-3H3. The van der Waals surface area contributed by atoms with E-state index in [-0.39, 0.29) is 5.41 Å². The summed E-state index contributed by atoms with van der Waals surface area (Å²) in [5.74, 6) is 0. The van der Waals surface area contributed by atoms with Gasteiger partial charge < -0.3 is 15.5 Å². The maximum absolute atomic E-state index is 9.63. The lowest BCUT2D eigenvalue weighted by molar-refractivity contribution is 0.0871. The number of hydrogen-bond donors (Lipinski definition) is 3. The predicted octanol–water partition coefficient (Wildman–Crippen LogP) is 2.09. The van der Waals surface area contributed by atoms with E-state index in [9.17, 15) is 10.2 Å². The van der Waals surface area contributed by atoms with Crippen LogP contribution >= 0.6 is 0 Å². The number of hydrogen-bond acceptors (Lipinski definition) is 3. The molecule has 0 amide bonds. The second-order valence-electron chi connectivity index (χ2n) is 5.14. The fraction of sp³-hybridized carbons (Fsp3) is 0.571. The van der Waals surface area contributed by atoms with Crippen LogP contribution in [0.15, 0.2) is 36.2 Å². The summed E-state index contributed by atoms with van der Waals surface area (Å²) in [6.07, 6.45) is 10.2. The van der Waals surface area contributed by atoms with Crippen molar-refractivity contribution < 1.29 is 10.2 Å². The van der Waals surface area contributed by atoms with Gasteiger partial charge >= 0.3 is 0 Å². The molecule has 2 unspecified atom stereocenters. The summed E-state index contributed by atoms with van der Waals surface area (Å²) in [6.45, 7) is 5.63. The Morgan fingerprint density at radius 1 is 1.12 bits per heavy atom. The summed E-state index contributed by atoms with van der Waals surface area (Å²) in [5.41, 5.74) is 0.783. The lowest BCUT2D eigenvalue weighted by atomic mass is 9.76. The molecule has 1 aliphatic rings. The summed E-state index contributed by atoms with van der Waals surface area (Å²) >= 11 is 0. The maximum Gasteiger partial charge on any atom is 0.0521 e. The van der Waals surface area contributed by atoms with Gasteiger partial charge in [-0.1, -0.05) is 19.1 Å². The zero-order chi connectivity index (χ0) is 12.9. The molecule has 0 saturated heterocycles. The van der Waals surface area contributed by atoms with Gasteiger partial charge in [0.05, 0.1) is 12.2 Å². The fourth-order valence-corrected chi connectivity index (χ4v) is 2.44. The molecule has 2 atom stereocenters. The fourth-order valence-electron chi connectivity index (χ4n) is 2.44. The van der Waals surface area contributed by atoms with Gasteiger partial charge in [0.1, 0.15) is 0 Å². The van der Waals surface area contributed by atoms with Crippen molar-refractivity contribution in [3.8, 4) is 0 Å². The van der Waals surface area contributed by atoms with Gasteiger partial charge in [-0.25, -0.2) is 0 Å². The predicted molar refractivity (Wildman–Crippen MR) is 70.2 cm³/mol. The van der Waals surface area contributed by atoms with Crippen LogP contribution in [-0.2, 0) is 0 Å². The Labute approximate surface area is 104 Å². The van der Waals surface area contributed by atoms with Crippen LogP contribution in [0, 0.1) is 5.41 Å². The van der Waals surface area contributed by atoms with Gasteiger partial charge in [0.25, 0.3) is 0 Å². The van der Waals surface area contributed by atoms with Crippen LogP contribution in [0.3, 0.4) is 0 Å². The van der Waals surface area contributed by atoms with Crippen molar-refractivity contribution in [1.82, 2.24) is 5.32 Å². The van der Waals surface area contributed by atoms with E-state index < -0.39 is 12.2 Å². The molecule has 3 N–H and O–H groups in total. The van der Waals surface area contributed by atoms with Crippen molar-refractivity contribution in [2.45, 2.75) is 45.8 Å². The average molecular weight is 237 g/mol. The van der Waals surface area contributed by atoms with Crippen molar-refractivity contribution in [3.05, 3.63) is 36.2 Å². The second kappa shape index (κ2) is 6.03. The highest BCUT2D eigenvalue weighted by molar-refractivity contribution is 5.25. The quantitative estimate of drug-likeness (QED) is 0.686. The van der Waals surface area contributed by atoms with Crippen molar-refractivity contribution in [2.75, 3.05) is 0 Å². The molecule has 3 nitrogen and oxygen atoms in total. The molecule has 0 radical (unpaired) electrons. The minimum absolute atomic E-state index is 0.249. The second-order valence-corrected chi connectivity index (χ2v) is 5.14. The van der Waals surface area contributed by atoms with E-state index in [2.05, 4.69) is 12.2 Å². The minimum Gasteiger partial charge on any atom is -0.393 e. The molecule has 0 bridgehead atoms. The smallest absolute Gasteiger partial charge is 0.0521 e. The van der Waals surface area contributed by atoms with E-state index in [4.69, 9.17) is 0 Å². The first-order valence-corrected chi connectivity index (χ1v) is 6.11. The highest BCUT2D eigenvalue weighted by Crippen LogP contribution is 2.36. The third-order valence-electron chi connectivity index (χ3n) is 2.96. The van der Waals surface area contributed by atoms with Gasteiger partial charge in [-0.2, -0.15) is 0 Å². The summed E-state index contributed by atoms with van der Waals surface area (Å²) in [7, 11) is 0. The Balaban J connectivity index is 2.92. The highest BCUT2D eigenvalue weighted by Gasteiger charge is 2.31. The molecule has 3 heteroatoms. The summed E-state index contributed by atoms with van der Waals surface area (Å²) in [6, 6.07) is 0.